The highest BCUT2D eigenvalue weighted by atomic mass is 79.9. The number of rotatable bonds is 27. The van der Waals surface area contributed by atoms with E-state index < -0.39 is 0 Å². The largest absolute Gasteiger partial charge is 0.379 e. The molecule has 10 atom stereocenters. The maximum Gasteiger partial charge on any atom is 0.0730 e. The van der Waals surface area contributed by atoms with Gasteiger partial charge in [-0.2, -0.15) is 0 Å². The van der Waals surface area contributed by atoms with Gasteiger partial charge < -0.3 is 47.4 Å². The molecule has 0 radical (unpaired) electrons. The second-order valence-corrected chi connectivity index (χ2v) is 37.1. The van der Waals surface area contributed by atoms with Crippen molar-refractivity contribution in [1.29, 1.82) is 0 Å². The first-order valence-corrected chi connectivity index (χ1v) is 49.0. The van der Waals surface area contributed by atoms with E-state index in [2.05, 4.69) is 232 Å². The molecular formula is C104H143Br2N5O10. The lowest BCUT2D eigenvalue weighted by Crippen LogP contribution is -2.51. The van der Waals surface area contributed by atoms with Crippen LogP contribution in [0.15, 0.2) is 185 Å². The van der Waals surface area contributed by atoms with Gasteiger partial charge in [0.2, 0.25) is 0 Å². The molecule has 0 N–H and O–H groups in total. The van der Waals surface area contributed by atoms with Crippen LogP contribution in [0.2, 0.25) is 0 Å². The van der Waals surface area contributed by atoms with Crippen molar-refractivity contribution in [2.45, 2.75) is 234 Å². The number of ether oxygens (including phenoxy) is 10. The number of fused-ring (bicyclic) bond motifs is 3. The van der Waals surface area contributed by atoms with Crippen LogP contribution in [0, 0.1) is 0 Å². The smallest absolute Gasteiger partial charge is 0.0730 e. The normalized spacial score (nSPS) is 25.7. The molecule has 17 heteroatoms. The van der Waals surface area contributed by atoms with Crippen LogP contribution in [-0.4, -0.2) is 250 Å². The average Bonchev–Trinajstić information content (AvgIpc) is 0.807. The molecule has 0 amide bonds. The predicted molar refractivity (Wildman–Crippen MR) is 500 cm³/mol. The zero-order chi connectivity index (χ0) is 82.5. The standard InChI is InChI=1S/C23H31NO2.2C22H29NO2.C19H28BrNO2.C18H26BrNO2/c1-2-8-21-18-19(11-12-20(21)7-1)6-5-15-26-23-10-4-3-9-22(23)24-13-16-25-17-14-24;1-2-9-20-18(6-1)7-5-8-19(20)12-15-25-22-11-4-3-10-21(22)23-13-16-24-17-14-23;1-2-6-20-17-18(9-10-19(20)5-1)11-14-25-22-8-4-3-7-21(22)23-12-15-24-16-13-23;20-17-9-7-16(8-10-17)4-3-13-23-19-6-2-1-5-18(19)21-11-14-22-15-12-21;19-16-7-5-15(6-8-16)9-12-22-18-4-2-1-3-17(18)20-10-13-21-14-11-20/h1-2,7-8,11-12,18,22-23H,3-6,9-10,13-17H2;1-2,5-9,21-22H,3-4,10-17H2;1-2,5-6,9-10,17,21-22H,3-4,7-8,11-16H2;7-10,18-19H,1-6,11-15H2;5-8,17-18H,1-4,9-14H2/t22?,23-;2*21?,22-;18?,19-;17?,18-/m00000/s1. The summed E-state index contributed by atoms with van der Waals surface area (Å²) in [4.78, 5) is 13.0. The first-order valence-electron chi connectivity index (χ1n) is 47.5. The van der Waals surface area contributed by atoms with Crippen LogP contribution >= 0.6 is 31.9 Å². The molecule has 10 fully saturated rings. The van der Waals surface area contributed by atoms with E-state index in [1.165, 1.54) is 189 Å². The Kier molecular flexibility index (Phi) is 39.3. The molecule has 5 heterocycles. The van der Waals surface area contributed by atoms with Gasteiger partial charge in [-0.15, -0.1) is 0 Å². The molecule has 0 spiro atoms. The molecule has 10 aliphatic rings. The summed E-state index contributed by atoms with van der Waals surface area (Å²) in [6.07, 6.45) is 35.2. The first kappa shape index (κ1) is 92.1. The van der Waals surface area contributed by atoms with E-state index in [1.807, 2.05) is 0 Å². The van der Waals surface area contributed by atoms with Crippen molar-refractivity contribution in [1.82, 2.24) is 24.5 Å². The molecular weight excluding hydrogens is 1640 g/mol. The number of hydrogen-bond donors (Lipinski definition) is 0. The molecule has 0 bridgehead atoms. The highest BCUT2D eigenvalue weighted by molar-refractivity contribution is 9.10. The van der Waals surface area contributed by atoms with Gasteiger partial charge >= 0.3 is 0 Å². The minimum Gasteiger partial charge on any atom is -0.379 e. The van der Waals surface area contributed by atoms with Gasteiger partial charge in [0.1, 0.15) is 0 Å². The van der Waals surface area contributed by atoms with Gasteiger partial charge in [0, 0.05) is 118 Å². The fourth-order valence-corrected chi connectivity index (χ4v) is 21.1. The van der Waals surface area contributed by atoms with Gasteiger partial charge in [-0.05, 0) is 194 Å². The van der Waals surface area contributed by atoms with Crippen molar-refractivity contribution in [3.63, 3.8) is 0 Å². The summed E-state index contributed by atoms with van der Waals surface area (Å²) in [6.45, 7) is 23.7. The zero-order valence-corrected chi connectivity index (χ0v) is 76.0. The maximum atomic E-state index is 6.42. The molecule has 5 saturated carbocycles. The highest BCUT2D eigenvalue weighted by Crippen LogP contribution is 2.34. The predicted octanol–water partition coefficient (Wildman–Crippen LogP) is 20.2. The van der Waals surface area contributed by atoms with E-state index in [-0.39, 0.29) is 0 Å². The molecule has 8 aromatic carbocycles. The number of hydrogen-bond acceptors (Lipinski definition) is 15. The lowest BCUT2D eigenvalue weighted by atomic mass is 9.91. The van der Waals surface area contributed by atoms with Crippen LogP contribution in [-0.2, 0) is 79.5 Å². The summed E-state index contributed by atoms with van der Waals surface area (Å²) >= 11 is 6.97. The molecule has 5 aliphatic heterocycles. The lowest BCUT2D eigenvalue weighted by molar-refractivity contribution is -0.0658. The third-order valence-corrected chi connectivity index (χ3v) is 28.3. The molecule has 18 rings (SSSR count). The Balaban J connectivity index is 0.000000124. The summed E-state index contributed by atoms with van der Waals surface area (Å²) < 4.78 is 61.6. The molecule has 5 saturated heterocycles. The van der Waals surface area contributed by atoms with Gasteiger partial charge in [-0.1, -0.05) is 248 Å². The Bertz CT molecular complexity index is 4180. The number of morpholine rings is 5. The molecule has 0 aromatic heterocycles. The van der Waals surface area contributed by atoms with Crippen LogP contribution in [0.1, 0.15) is 169 Å². The van der Waals surface area contributed by atoms with E-state index >= 15 is 0 Å². The molecule has 15 nitrogen and oxygen atoms in total. The third-order valence-electron chi connectivity index (χ3n) is 27.3. The van der Waals surface area contributed by atoms with Crippen LogP contribution in [0.4, 0.5) is 0 Å². The van der Waals surface area contributed by atoms with Crippen LogP contribution in [0.5, 0.6) is 0 Å². The molecule has 5 unspecified atom stereocenters. The Morgan fingerprint density at radius 3 is 0.893 bits per heavy atom. The van der Waals surface area contributed by atoms with Crippen molar-refractivity contribution < 1.29 is 47.4 Å². The Labute approximate surface area is 742 Å². The fourth-order valence-electron chi connectivity index (χ4n) is 20.6. The molecule has 8 aromatic rings. The second kappa shape index (κ2) is 51.6. The number of aryl methyl sites for hydroxylation is 2. The van der Waals surface area contributed by atoms with E-state index in [1.54, 1.807) is 0 Å². The van der Waals surface area contributed by atoms with Gasteiger partial charge in [-0.3, -0.25) is 24.5 Å². The van der Waals surface area contributed by atoms with E-state index in [0.717, 1.165) is 218 Å². The monoisotopic (exact) mass is 1780 g/mol. The van der Waals surface area contributed by atoms with Gasteiger partial charge in [0.15, 0.2) is 0 Å². The molecule has 121 heavy (non-hydrogen) atoms. The Morgan fingerprint density at radius 1 is 0.248 bits per heavy atom. The van der Waals surface area contributed by atoms with Crippen molar-refractivity contribution in [2.24, 2.45) is 0 Å². The minimum atomic E-state index is 0.391. The Morgan fingerprint density at radius 2 is 0.521 bits per heavy atom. The van der Waals surface area contributed by atoms with Crippen molar-refractivity contribution in [3.8, 4) is 0 Å². The fraction of sp³-hybridized carbons (Fsp3) is 0.596. The third kappa shape index (κ3) is 29.5. The van der Waals surface area contributed by atoms with Gasteiger partial charge in [0.05, 0.1) is 116 Å². The van der Waals surface area contributed by atoms with E-state index in [9.17, 15) is 0 Å². The summed E-state index contributed by atoms with van der Waals surface area (Å²) in [7, 11) is 0. The lowest BCUT2D eigenvalue weighted by Gasteiger charge is -2.41. The van der Waals surface area contributed by atoms with E-state index in [4.69, 9.17) is 47.4 Å². The quantitative estimate of drug-likeness (QED) is 0.0456. The SMILES string of the molecule is Brc1ccc(CCCO[C@H]2CCCCC2N2CCOCC2)cc1.Brc1ccc(CCO[C@H]2CCCCC2N2CCOCC2)cc1.c1ccc2c(CCO[C@H]3CCCCC3N3CCOCC3)cccc2c1.c1ccc2cc(CCCO[C@H]3CCCCC3N3CCOCC3)ccc2c1.c1ccc2cc(CCO[C@H]3CCCCC3N3CCOCC3)ccc2c1. The second-order valence-electron chi connectivity index (χ2n) is 35.3. The summed E-state index contributed by atoms with van der Waals surface area (Å²) in [5.74, 6) is 0. The Hall–Kier alpha value is -5.10. The van der Waals surface area contributed by atoms with Crippen molar-refractivity contribution >= 4 is 64.2 Å². The van der Waals surface area contributed by atoms with Gasteiger partial charge in [0.25, 0.3) is 0 Å². The van der Waals surface area contributed by atoms with Crippen molar-refractivity contribution in [2.75, 3.05) is 165 Å². The van der Waals surface area contributed by atoms with Crippen molar-refractivity contribution in [3.05, 3.63) is 213 Å². The topological polar surface area (TPSA) is 109 Å². The summed E-state index contributed by atoms with van der Waals surface area (Å²) in [6, 6.07) is 66.2. The molecule has 658 valence electrons. The molecule has 5 aliphatic carbocycles. The maximum absolute atomic E-state index is 6.42. The number of benzene rings is 8. The minimum absolute atomic E-state index is 0.391. The van der Waals surface area contributed by atoms with Crippen LogP contribution in [0.25, 0.3) is 32.3 Å². The first-order chi connectivity index (χ1) is 59.9. The van der Waals surface area contributed by atoms with Gasteiger partial charge in [-0.25, -0.2) is 0 Å². The average molecular weight is 1780 g/mol. The van der Waals surface area contributed by atoms with Crippen LogP contribution < -0.4 is 0 Å². The number of nitrogens with zero attached hydrogens (tertiary/aromatic N) is 5. The zero-order valence-electron chi connectivity index (χ0n) is 72.9. The summed E-state index contributed by atoms with van der Waals surface area (Å²) in [5.41, 5.74) is 6.93. The highest BCUT2D eigenvalue weighted by Gasteiger charge is 2.37. The summed E-state index contributed by atoms with van der Waals surface area (Å²) in [5, 5.41) is 7.98. The van der Waals surface area contributed by atoms with E-state index in [0.29, 0.717) is 60.7 Å². The van der Waals surface area contributed by atoms with Crippen LogP contribution in [0.3, 0.4) is 0 Å². The number of halogens is 2.